The number of halogens is 2. The Kier molecular flexibility index (Phi) is 3.28. The molecule has 0 amide bonds. The van der Waals surface area contributed by atoms with Crippen molar-refractivity contribution < 1.29 is 8.78 Å². The molecule has 1 saturated heterocycles. The Morgan fingerprint density at radius 1 is 1.21 bits per heavy atom. The molecule has 1 saturated carbocycles. The minimum atomic E-state index is -2.48. The van der Waals surface area contributed by atoms with Crippen molar-refractivity contribution in [3.63, 3.8) is 0 Å². The van der Waals surface area contributed by atoms with Crippen LogP contribution in [0.3, 0.4) is 0 Å². The molecule has 2 heterocycles. The summed E-state index contributed by atoms with van der Waals surface area (Å²) in [6, 6.07) is 0.382. The van der Waals surface area contributed by atoms with E-state index in [0.29, 0.717) is 18.9 Å². The van der Waals surface area contributed by atoms with Crippen LogP contribution in [0.5, 0.6) is 0 Å². The number of aromatic nitrogens is 3. The number of alkyl halides is 2. The van der Waals surface area contributed by atoms with E-state index in [0.717, 1.165) is 31.2 Å². The molecule has 1 aromatic rings. The number of aryl methyl sites for hydroxylation is 1. The van der Waals surface area contributed by atoms with Crippen LogP contribution in [-0.2, 0) is 0 Å². The van der Waals surface area contributed by atoms with Crippen LogP contribution in [0, 0.1) is 6.92 Å². The third-order valence-electron chi connectivity index (χ3n) is 4.37. The highest BCUT2D eigenvalue weighted by Crippen LogP contribution is 2.41. The molecule has 0 radical (unpaired) electrons. The van der Waals surface area contributed by atoms with E-state index in [-0.39, 0.29) is 18.8 Å². The Balaban J connectivity index is 1.81. The first kappa shape index (κ1) is 13.0. The second-order valence-electron chi connectivity index (χ2n) is 5.75. The Morgan fingerprint density at radius 2 is 1.95 bits per heavy atom. The van der Waals surface area contributed by atoms with Gasteiger partial charge in [-0.15, -0.1) is 10.2 Å². The first-order valence-corrected chi connectivity index (χ1v) is 7.07. The van der Waals surface area contributed by atoms with E-state index >= 15 is 0 Å². The van der Waals surface area contributed by atoms with Gasteiger partial charge in [-0.2, -0.15) is 0 Å². The Bertz CT molecular complexity index is 441. The van der Waals surface area contributed by atoms with Crippen molar-refractivity contribution >= 4 is 0 Å². The first-order chi connectivity index (χ1) is 9.07. The van der Waals surface area contributed by atoms with Crippen molar-refractivity contribution in [2.24, 2.45) is 0 Å². The predicted octanol–water partition coefficient (Wildman–Crippen LogP) is 2.41. The molecule has 0 bridgehead atoms. The normalized spacial score (nSPS) is 27.8. The molecular weight excluding hydrogens is 250 g/mol. The maximum atomic E-state index is 13.2. The molecule has 6 heteroatoms. The summed E-state index contributed by atoms with van der Waals surface area (Å²) < 4.78 is 28.7. The minimum Gasteiger partial charge on any atom is -0.315 e. The lowest BCUT2D eigenvalue weighted by molar-refractivity contribution is -0.0390. The smallest absolute Gasteiger partial charge is 0.248 e. The largest absolute Gasteiger partial charge is 0.315 e. The molecule has 19 heavy (non-hydrogen) atoms. The van der Waals surface area contributed by atoms with Crippen molar-refractivity contribution in [3.8, 4) is 0 Å². The van der Waals surface area contributed by atoms with Gasteiger partial charge in [-0.1, -0.05) is 0 Å². The molecular formula is C13H20F2N4. The van der Waals surface area contributed by atoms with E-state index < -0.39 is 5.92 Å². The molecule has 2 fully saturated rings. The summed E-state index contributed by atoms with van der Waals surface area (Å²) in [5.41, 5.74) is 0. The third kappa shape index (κ3) is 2.50. The highest BCUT2D eigenvalue weighted by molar-refractivity contribution is 5.06. The number of nitrogens with one attached hydrogen (secondary N) is 1. The van der Waals surface area contributed by atoms with Crippen molar-refractivity contribution in [2.45, 2.75) is 56.9 Å². The van der Waals surface area contributed by atoms with E-state index in [1.807, 2.05) is 6.92 Å². The van der Waals surface area contributed by atoms with Gasteiger partial charge in [0.1, 0.15) is 11.6 Å². The average molecular weight is 270 g/mol. The summed E-state index contributed by atoms with van der Waals surface area (Å²) in [7, 11) is 0. The van der Waals surface area contributed by atoms with Crippen LogP contribution in [0.15, 0.2) is 0 Å². The van der Waals surface area contributed by atoms with Gasteiger partial charge < -0.3 is 9.88 Å². The van der Waals surface area contributed by atoms with Crippen LogP contribution in [0.2, 0.25) is 0 Å². The standard InChI is InChI=1S/C13H20F2N4/c1-9-17-18-12(19(9)11-4-7-16-8-11)10-2-5-13(14,15)6-3-10/h10-11,16H,2-8H2,1H3. The van der Waals surface area contributed by atoms with Crippen molar-refractivity contribution in [3.05, 3.63) is 11.6 Å². The topological polar surface area (TPSA) is 42.7 Å². The highest BCUT2D eigenvalue weighted by atomic mass is 19.3. The zero-order chi connectivity index (χ0) is 13.5. The second-order valence-corrected chi connectivity index (χ2v) is 5.75. The van der Waals surface area contributed by atoms with Crippen molar-refractivity contribution in [1.82, 2.24) is 20.1 Å². The zero-order valence-electron chi connectivity index (χ0n) is 11.2. The van der Waals surface area contributed by atoms with Crippen LogP contribution in [0.1, 0.15) is 55.7 Å². The van der Waals surface area contributed by atoms with Gasteiger partial charge in [-0.3, -0.25) is 0 Å². The molecule has 0 aromatic carbocycles. The maximum Gasteiger partial charge on any atom is 0.248 e. The number of rotatable bonds is 2. The van der Waals surface area contributed by atoms with Crippen LogP contribution < -0.4 is 5.32 Å². The van der Waals surface area contributed by atoms with Gasteiger partial charge in [0.05, 0.1) is 6.04 Å². The fourth-order valence-electron chi connectivity index (χ4n) is 3.27. The first-order valence-electron chi connectivity index (χ1n) is 7.07. The lowest BCUT2D eigenvalue weighted by atomic mass is 9.86. The molecule has 0 spiro atoms. The molecule has 1 N–H and O–H groups in total. The molecule has 106 valence electrons. The fourth-order valence-corrected chi connectivity index (χ4v) is 3.27. The van der Waals surface area contributed by atoms with Gasteiger partial charge in [-0.25, -0.2) is 8.78 Å². The summed E-state index contributed by atoms with van der Waals surface area (Å²) in [5, 5.41) is 11.8. The van der Waals surface area contributed by atoms with Crippen LogP contribution in [-0.4, -0.2) is 33.8 Å². The molecule has 1 atom stereocenters. The molecule has 1 aliphatic carbocycles. The quantitative estimate of drug-likeness (QED) is 0.897. The molecule has 1 aliphatic heterocycles. The lowest BCUT2D eigenvalue weighted by Crippen LogP contribution is -2.26. The monoisotopic (exact) mass is 270 g/mol. The molecule has 1 unspecified atom stereocenters. The van der Waals surface area contributed by atoms with Gasteiger partial charge in [-0.05, 0) is 32.7 Å². The van der Waals surface area contributed by atoms with Crippen LogP contribution >= 0.6 is 0 Å². The van der Waals surface area contributed by atoms with Gasteiger partial charge in [0.2, 0.25) is 5.92 Å². The number of hydrogen-bond acceptors (Lipinski definition) is 3. The summed E-state index contributed by atoms with van der Waals surface area (Å²) in [4.78, 5) is 0. The third-order valence-corrected chi connectivity index (χ3v) is 4.37. The van der Waals surface area contributed by atoms with Gasteiger partial charge in [0, 0.05) is 25.3 Å². The lowest BCUT2D eigenvalue weighted by Gasteiger charge is -2.29. The van der Waals surface area contributed by atoms with Crippen molar-refractivity contribution in [1.29, 1.82) is 0 Å². The number of nitrogens with zero attached hydrogens (tertiary/aromatic N) is 3. The molecule has 3 rings (SSSR count). The average Bonchev–Trinajstić information content (AvgIpc) is 2.98. The zero-order valence-corrected chi connectivity index (χ0v) is 11.2. The minimum absolute atomic E-state index is 0.0213. The Hall–Kier alpha value is -1.04. The molecule has 2 aliphatic rings. The molecule has 4 nitrogen and oxygen atoms in total. The predicted molar refractivity (Wildman–Crippen MR) is 67.4 cm³/mol. The second kappa shape index (κ2) is 4.81. The summed E-state index contributed by atoms with van der Waals surface area (Å²) >= 11 is 0. The van der Waals surface area contributed by atoms with E-state index in [2.05, 4.69) is 20.1 Å². The maximum absolute atomic E-state index is 13.2. The molecule has 1 aromatic heterocycles. The summed E-state index contributed by atoms with van der Waals surface area (Å²) in [6.07, 6.45) is 2.06. The number of hydrogen-bond donors (Lipinski definition) is 1. The SMILES string of the molecule is Cc1nnc(C2CCC(F)(F)CC2)n1C1CCNC1. The van der Waals surface area contributed by atoms with Crippen LogP contribution in [0.4, 0.5) is 8.78 Å². The Morgan fingerprint density at radius 3 is 2.58 bits per heavy atom. The fraction of sp³-hybridized carbons (Fsp3) is 0.846. The van der Waals surface area contributed by atoms with Gasteiger partial charge in [0.15, 0.2) is 0 Å². The van der Waals surface area contributed by atoms with E-state index in [4.69, 9.17) is 0 Å². The Labute approximate surface area is 111 Å². The van der Waals surface area contributed by atoms with Crippen molar-refractivity contribution in [2.75, 3.05) is 13.1 Å². The van der Waals surface area contributed by atoms with E-state index in [9.17, 15) is 8.78 Å². The van der Waals surface area contributed by atoms with E-state index in [1.54, 1.807) is 0 Å². The summed E-state index contributed by atoms with van der Waals surface area (Å²) in [5.74, 6) is -0.519. The van der Waals surface area contributed by atoms with Gasteiger partial charge >= 0.3 is 0 Å². The van der Waals surface area contributed by atoms with E-state index in [1.165, 1.54) is 0 Å². The summed E-state index contributed by atoms with van der Waals surface area (Å²) in [6.45, 7) is 3.88. The van der Waals surface area contributed by atoms with Gasteiger partial charge in [0.25, 0.3) is 0 Å². The highest BCUT2D eigenvalue weighted by Gasteiger charge is 2.37. The van der Waals surface area contributed by atoms with Crippen LogP contribution in [0.25, 0.3) is 0 Å².